The average molecular weight is 336 g/mol. The van der Waals surface area contributed by atoms with Gasteiger partial charge in [0.1, 0.15) is 11.3 Å². The SMILES string of the molecule is CN(c1cccnc1)c1c[nH]c2nc(N3CCC(C)(C)CC3)cnc12. The van der Waals surface area contributed by atoms with Crippen LogP contribution in [0.2, 0.25) is 0 Å². The van der Waals surface area contributed by atoms with Crippen LogP contribution >= 0.6 is 0 Å². The van der Waals surface area contributed by atoms with Gasteiger partial charge in [-0.1, -0.05) is 13.8 Å². The molecule has 4 heterocycles. The first kappa shape index (κ1) is 15.9. The molecule has 0 radical (unpaired) electrons. The highest BCUT2D eigenvalue weighted by Crippen LogP contribution is 2.33. The molecule has 0 aliphatic carbocycles. The van der Waals surface area contributed by atoms with Crippen molar-refractivity contribution >= 4 is 28.4 Å². The maximum atomic E-state index is 4.81. The van der Waals surface area contributed by atoms with Crippen LogP contribution in [0.15, 0.2) is 36.9 Å². The van der Waals surface area contributed by atoms with E-state index in [1.165, 1.54) is 12.8 Å². The van der Waals surface area contributed by atoms with E-state index >= 15 is 0 Å². The zero-order valence-corrected chi connectivity index (χ0v) is 15.0. The Morgan fingerprint density at radius 2 is 2.00 bits per heavy atom. The van der Waals surface area contributed by atoms with Crippen LogP contribution in [0.1, 0.15) is 26.7 Å². The largest absolute Gasteiger partial charge is 0.355 e. The van der Waals surface area contributed by atoms with Gasteiger partial charge >= 0.3 is 0 Å². The van der Waals surface area contributed by atoms with Crippen molar-refractivity contribution in [1.29, 1.82) is 0 Å². The van der Waals surface area contributed by atoms with Crippen molar-refractivity contribution in [2.75, 3.05) is 29.9 Å². The van der Waals surface area contributed by atoms with Crippen molar-refractivity contribution in [3.8, 4) is 0 Å². The molecular formula is C19H24N6. The van der Waals surface area contributed by atoms with E-state index in [0.29, 0.717) is 5.41 Å². The maximum Gasteiger partial charge on any atom is 0.160 e. The summed E-state index contributed by atoms with van der Waals surface area (Å²) in [6.45, 7) is 6.75. The summed E-state index contributed by atoms with van der Waals surface area (Å²) in [5.74, 6) is 0.959. The van der Waals surface area contributed by atoms with Gasteiger partial charge in [-0.3, -0.25) is 4.98 Å². The molecule has 3 aromatic heterocycles. The molecule has 0 aromatic carbocycles. The predicted molar refractivity (Wildman–Crippen MR) is 101 cm³/mol. The van der Waals surface area contributed by atoms with E-state index in [1.807, 2.05) is 37.8 Å². The smallest absolute Gasteiger partial charge is 0.160 e. The third-order valence-corrected chi connectivity index (χ3v) is 5.18. The van der Waals surface area contributed by atoms with E-state index in [4.69, 9.17) is 9.97 Å². The molecule has 1 saturated heterocycles. The Morgan fingerprint density at radius 3 is 2.72 bits per heavy atom. The summed E-state index contributed by atoms with van der Waals surface area (Å²) in [6, 6.07) is 3.96. The molecule has 6 heteroatoms. The van der Waals surface area contributed by atoms with Crippen LogP contribution in [0.5, 0.6) is 0 Å². The van der Waals surface area contributed by atoms with Gasteiger partial charge in [0, 0.05) is 32.5 Å². The lowest BCUT2D eigenvalue weighted by molar-refractivity contribution is 0.279. The Kier molecular flexibility index (Phi) is 3.82. The van der Waals surface area contributed by atoms with Crippen LogP contribution in [0.3, 0.4) is 0 Å². The van der Waals surface area contributed by atoms with Crippen molar-refractivity contribution < 1.29 is 0 Å². The van der Waals surface area contributed by atoms with Crippen molar-refractivity contribution in [3.63, 3.8) is 0 Å². The number of H-pyrrole nitrogens is 1. The van der Waals surface area contributed by atoms with Gasteiger partial charge in [-0.05, 0) is 30.4 Å². The number of hydrogen-bond donors (Lipinski definition) is 1. The topological polar surface area (TPSA) is 60.9 Å². The zero-order chi connectivity index (χ0) is 17.4. The van der Waals surface area contributed by atoms with Crippen LogP contribution in [0, 0.1) is 5.41 Å². The Balaban J connectivity index is 1.61. The highest BCUT2D eigenvalue weighted by Gasteiger charge is 2.26. The molecule has 1 fully saturated rings. The van der Waals surface area contributed by atoms with Crippen molar-refractivity contribution in [1.82, 2.24) is 19.9 Å². The minimum atomic E-state index is 0.431. The highest BCUT2D eigenvalue weighted by atomic mass is 15.2. The Labute approximate surface area is 147 Å². The second kappa shape index (κ2) is 6.02. The van der Waals surface area contributed by atoms with Gasteiger partial charge < -0.3 is 14.8 Å². The van der Waals surface area contributed by atoms with Crippen LogP contribution in [-0.2, 0) is 0 Å². The van der Waals surface area contributed by atoms with Gasteiger partial charge in [-0.15, -0.1) is 0 Å². The second-order valence-electron chi connectivity index (χ2n) is 7.52. The predicted octanol–water partition coefficient (Wildman–Crippen LogP) is 3.75. The molecule has 130 valence electrons. The van der Waals surface area contributed by atoms with E-state index in [1.54, 1.807) is 6.20 Å². The number of nitrogens with one attached hydrogen (secondary N) is 1. The number of nitrogens with zero attached hydrogens (tertiary/aromatic N) is 5. The fourth-order valence-corrected chi connectivity index (χ4v) is 3.31. The molecule has 0 spiro atoms. The Hall–Kier alpha value is -2.63. The minimum Gasteiger partial charge on any atom is -0.355 e. The lowest BCUT2D eigenvalue weighted by Crippen LogP contribution is -2.37. The van der Waals surface area contributed by atoms with E-state index in [-0.39, 0.29) is 0 Å². The first-order chi connectivity index (χ1) is 12.0. The third-order valence-electron chi connectivity index (χ3n) is 5.18. The second-order valence-corrected chi connectivity index (χ2v) is 7.52. The summed E-state index contributed by atoms with van der Waals surface area (Å²) in [4.78, 5) is 21.4. The number of aromatic amines is 1. The molecule has 6 nitrogen and oxygen atoms in total. The molecule has 4 rings (SSSR count). The molecule has 1 aliphatic rings. The van der Waals surface area contributed by atoms with E-state index < -0.39 is 0 Å². The summed E-state index contributed by atoms with van der Waals surface area (Å²) in [5, 5.41) is 0. The fourth-order valence-electron chi connectivity index (χ4n) is 3.31. The molecule has 1 N–H and O–H groups in total. The highest BCUT2D eigenvalue weighted by molar-refractivity contribution is 5.89. The molecular weight excluding hydrogens is 312 g/mol. The molecule has 0 bridgehead atoms. The minimum absolute atomic E-state index is 0.431. The zero-order valence-electron chi connectivity index (χ0n) is 15.0. The lowest BCUT2D eigenvalue weighted by atomic mass is 9.83. The normalized spacial score (nSPS) is 17.0. The number of fused-ring (bicyclic) bond motifs is 1. The number of piperidine rings is 1. The third kappa shape index (κ3) is 3.04. The summed E-state index contributed by atoms with van der Waals surface area (Å²) in [5.41, 5.74) is 4.16. The average Bonchev–Trinajstić information content (AvgIpc) is 3.05. The molecule has 1 aliphatic heterocycles. The van der Waals surface area contributed by atoms with Crippen LogP contribution in [0.4, 0.5) is 17.2 Å². The van der Waals surface area contributed by atoms with Crippen molar-refractivity contribution in [3.05, 3.63) is 36.9 Å². The maximum absolute atomic E-state index is 4.81. The number of aromatic nitrogens is 4. The molecule has 0 amide bonds. The molecule has 0 unspecified atom stereocenters. The first-order valence-electron chi connectivity index (χ1n) is 8.76. The fraction of sp³-hybridized carbons (Fsp3) is 0.421. The number of rotatable bonds is 3. The quantitative estimate of drug-likeness (QED) is 0.789. The summed E-state index contributed by atoms with van der Waals surface area (Å²) >= 11 is 0. The van der Waals surface area contributed by atoms with Crippen LogP contribution < -0.4 is 9.80 Å². The van der Waals surface area contributed by atoms with E-state index in [9.17, 15) is 0 Å². The van der Waals surface area contributed by atoms with E-state index in [2.05, 4.69) is 33.6 Å². The number of anilines is 3. The summed E-state index contributed by atoms with van der Waals surface area (Å²) in [6.07, 6.45) is 9.85. The van der Waals surface area contributed by atoms with E-state index in [0.717, 1.165) is 41.4 Å². The van der Waals surface area contributed by atoms with Crippen LogP contribution in [0.25, 0.3) is 11.2 Å². The molecule has 0 atom stereocenters. The number of hydrogen-bond acceptors (Lipinski definition) is 5. The van der Waals surface area contributed by atoms with Gasteiger partial charge in [0.15, 0.2) is 5.65 Å². The van der Waals surface area contributed by atoms with Gasteiger partial charge in [0.05, 0.1) is 23.8 Å². The van der Waals surface area contributed by atoms with Gasteiger partial charge in [-0.2, -0.15) is 0 Å². The summed E-state index contributed by atoms with van der Waals surface area (Å²) in [7, 11) is 2.02. The van der Waals surface area contributed by atoms with Crippen molar-refractivity contribution in [2.45, 2.75) is 26.7 Å². The Bertz CT molecular complexity index is 860. The Morgan fingerprint density at radius 1 is 1.20 bits per heavy atom. The van der Waals surface area contributed by atoms with Crippen molar-refractivity contribution in [2.24, 2.45) is 5.41 Å². The van der Waals surface area contributed by atoms with Gasteiger partial charge in [0.2, 0.25) is 0 Å². The lowest BCUT2D eigenvalue weighted by Gasteiger charge is -2.37. The van der Waals surface area contributed by atoms with Gasteiger partial charge in [-0.25, -0.2) is 9.97 Å². The first-order valence-corrected chi connectivity index (χ1v) is 8.76. The molecule has 25 heavy (non-hydrogen) atoms. The number of pyridine rings is 1. The molecule has 3 aromatic rings. The van der Waals surface area contributed by atoms with Crippen LogP contribution in [-0.4, -0.2) is 40.1 Å². The monoisotopic (exact) mass is 336 g/mol. The standard InChI is InChI=1S/C19H24N6/c1-19(2)6-9-25(10-7-19)16-13-21-17-15(12-22-18(17)23-16)24(3)14-5-4-8-20-11-14/h4-5,8,11-13H,6-7,9-10H2,1-3H3,(H,22,23). The summed E-state index contributed by atoms with van der Waals surface area (Å²) < 4.78 is 0. The molecule has 0 saturated carbocycles. The van der Waals surface area contributed by atoms with Gasteiger partial charge in [0.25, 0.3) is 0 Å².